The molecule has 0 bridgehead atoms. The Hall–Kier alpha value is 0.430. The standard InChI is InChI=1S/C12H26P/c1-11(2,3)13(12(4,5)6)9-7-8-10-13/h7-10H2,1-6H3/q+1. The van der Waals surface area contributed by atoms with Crippen molar-refractivity contribution in [3.63, 3.8) is 0 Å². The van der Waals surface area contributed by atoms with Crippen LogP contribution in [-0.4, -0.2) is 22.6 Å². The van der Waals surface area contributed by atoms with E-state index in [1.165, 1.54) is 12.8 Å². The van der Waals surface area contributed by atoms with Crippen LogP contribution in [0.2, 0.25) is 0 Å². The summed E-state index contributed by atoms with van der Waals surface area (Å²) >= 11 is 0. The van der Waals surface area contributed by atoms with Crippen molar-refractivity contribution >= 4 is 7.26 Å². The number of hydrogen-bond acceptors (Lipinski definition) is 0. The Morgan fingerprint density at radius 3 is 1.15 bits per heavy atom. The van der Waals surface area contributed by atoms with Crippen LogP contribution in [0.1, 0.15) is 54.4 Å². The summed E-state index contributed by atoms with van der Waals surface area (Å²) in [6, 6.07) is 0. The Morgan fingerprint density at radius 1 is 0.692 bits per heavy atom. The zero-order chi connectivity index (χ0) is 10.3. The predicted molar refractivity (Wildman–Crippen MR) is 65.4 cm³/mol. The molecule has 0 aromatic rings. The molecule has 0 nitrogen and oxygen atoms in total. The van der Waals surface area contributed by atoms with E-state index < -0.39 is 7.26 Å². The van der Waals surface area contributed by atoms with Crippen molar-refractivity contribution in [2.45, 2.75) is 64.7 Å². The van der Waals surface area contributed by atoms with Crippen LogP contribution in [0.25, 0.3) is 0 Å². The lowest BCUT2D eigenvalue weighted by Crippen LogP contribution is -2.35. The van der Waals surface area contributed by atoms with Gasteiger partial charge in [-0.15, -0.1) is 0 Å². The van der Waals surface area contributed by atoms with Gasteiger partial charge < -0.3 is 0 Å². The average molecular weight is 201 g/mol. The molecule has 1 heterocycles. The van der Waals surface area contributed by atoms with Crippen molar-refractivity contribution < 1.29 is 0 Å². The zero-order valence-corrected chi connectivity index (χ0v) is 11.2. The molecule has 1 heteroatoms. The van der Waals surface area contributed by atoms with Crippen molar-refractivity contribution in [1.29, 1.82) is 0 Å². The van der Waals surface area contributed by atoms with Gasteiger partial charge in [-0.3, -0.25) is 0 Å². The van der Waals surface area contributed by atoms with Crippen LogP contribution >= 0.6 is 7.26 Å². The van der Waals surface area contributed by atoms with Gasteiger partial charge >= 0.3 is 0 Å². The molecule has 1 aliphatic rings. The van der Waals surface area contributed by atoms with Crippen LogP contribution in [0.5, 0.6) is 0 Å². The largest absolute Gasteiger partial charge is 0.0720 e. The Morgan fingerprint density at radius 2 is 1.00 bits per heavy atom. The van der Waals surface area contributed by atoms with E-state index in [4.69, 9.17) is 0 Å². The fourth-order valence-electron chi connectivity index (χ4n) is 3.22. The van der Waals surface area contributed by atoms with Crippen molar-refractivity contribution in [3.05, 3.63) is 0 Å². The Kier molecular flexibility index (Phi) is 2.86. The van der Waals surface area contributed by atoms with Gasteiger partial charge in [0.25, 0.3) is 0 Å². The first-order chi connectivity index (χ1) is 5.71. The fraction of sp³-hybridized carbons (Fsp3) is 1.00. The molecule has 0 unspecified atom stereocenters. The molecular formula is C12H26P+. The first kappa shape index (κ1) is 11.5. The van der Waals surface area contributed by atoms with Crippen LogP contribution in [0.3, 0.4) is 0 Å². The van der Waals surface area contributed by atoms with E-state index in [-0.39, 0.29) is 0 Å². The molecule has 13 heavy (non-hydrogen) atoms. The van der Waals surface area contributed by atoms with E-state index in [0.717, 1.165) is 0 Å². The Bertz CT molecular complexity index is 158. The third-order valence-corrected chi connectivity index (χ3v) is 11.2. The third kappa shape index (κ3) is 1.80. The van der Waals surface area contributed by atoms with Gasteiger partial charge in [0.15, 0.2) is 0 Å². The first-order valence-corrected chi connectivity index (χ1v) is 7.74. The SMILES string of the molecule is CC(C)(C)[P+]1(C(C)(C)C)CCCC1. The van der Waals surface area contributed by atoms with Gasteiger partial charge in [0.2, 0.25) is 0 Å². The van der Waals surface area contributed by atoms with E-state index in [0.29, 0.717) is 10.3 Å². The molecule has 0 radical (unpaired) electrons. The molecule has 0 aromatic heterocycles. The van der Waals surface area contributed by atoms with E-state index in [9.17, 15) is 0 Å². The molecule has 0 amide bonds. The number of hydrogen-bond donors (Lipinski definition) is 0. The molecule has 0 aliphatic carbocycles. The molecule has 0 aromatic carbocycles. The van der Waals surface area contributed by atoms with Gasteiger partial charge in [-0.25, -0.2) is 0 Å². The monoisotopic (exact) mass is 201 g/mol. The van der Waals surface area contributed by atoms with Crippen LogP contribution in [0.15, 0.2) is 0 Å². The predicted octanol–water partition coefficient (Wildman–Crippen LogP) is 4.39. The molecule has 0 atom stereocenters. The van der Waals surface area contributed by atoms with Gasteiger partial charge in [0.05, 0.1) is 22.6 Å². The summed E-state index contributed by atoms with van der Waals surface area (Å²) in [5.74, 6) is 0. The third-order valence-electron chi connectivity index (χ3n) is 3.90. The quantitative estimate of drug-likeness (QED) is 0.510. The summed E-state index contributed by atoms with van der Waals surface area (Å²) in [5, 5.41) is 1.14. The molecule has 1 fully saturated rings. The molecule has 1 saturated heterocycles. The maximum absolute atomic E-state index is 2.47. The van der Waals surface area contributed by atoms with Crippen molar-refractivity contribution in [3.8, 4) is 0 Å². The summed E-state index contributed by atoms with van der Waals surface area (Å²) in [6.07, 6.45) is 6.06. The Balaban J connectivity index is 3.02. The van der Waals surface area contributed by atoms with Crippen LogP contribution in [0, 0.1) is 0 Å². The summed E-state index contributed by atoms with van der Waals surface area (Å²) in [5.41, 5.74) is 0. The highest BCUT2D eigenvalue weighted by atomic mass is 31.2. The van der Waals surface area contributed by atoms with Gasteiger partial charge in [-0.1, -0.05) is 0 Å². The molecule has 78 valence electrons. The average Bonchev–Trinajstić information content (AvgIpc) is 2.28. The summed E-state index contributed by atoms with van der Waals surface area (Å²) in [6.45, 7) is 14.8. The van der Waals surface area contributed by atoms with Crippen LogP contribution in [0.4, 0.5) is 0 Å². The summed E-state index contributed by atoms with van der Waals surface area (Å²) < 4.78 is 0. The molecule has 1 rings (SSSR count). The fourth-order valence-corrected chi connectivity index (χ4v) is 9.67. The van der Waals surface area contributed by atoms with Crippen molar-refractivity contribution in [2.75, 3.05) is 12.3 Å². The minimum atomic E-state index is -0.715. The highest BCUT2D eigenvalue weighted by Crippen LogP contribution is 2.79. The minimum absolute atomic E-state index is 0.571. The lowest BCUT2D eigenvalue weighted by molar-refractivity contribution is 0.687. The minimum Gasteiger partial charge on any atom is -0.0260 e. The Labute approximate surface area is 84.8 Å². The summed E-state index contributed by atoms with van der Waals surface area (Å²) in [7, 11) is -0.715. The van der Waals surface area contributed by atoms with E-state index in [1.807, 2.05) is 0 Å². The second kappa shape index (κ2) is 3.23. The smallest absolute Gasteiger partial charge is 0.0260 e. The zero-order valence-electron chi connectivity index (χ0n) is 10.3. The van der Waals surface area contributed by atoms with Crippen molar-refractivity contribution in [1.82, 2.24) is 0 Å². The second-order valence-electron chi connectivity index (χ2n) is 6.46. The van der Waals surface area contributed by atoms with Gasteiger partial charge in [0.1, 0.15) is 0 Å². The highest BCUT2D eigenvalue weighted by Gasteiger charge is 2.58. The molecule has 0 spiro atoms. The molecule has 0 saturated carbocycles. The van der Waals surface area contributed by atoms with Gasteiger partial charge in [-0.05, 0) is 54.4 Å². The highest BCUT2D eigenvalue weighted by molar-refractivity contribution is 7.78. The maximum atomic E-state index is 2.47. The molecular weight excluding hydrogens is 175 g/mol. The van der Waals surface area contributed by atoms with Gasteiger partial charge in [0, 0.05) is 7.26 Å². The van der Waals surface area contributed by atoms with Gasteiger partial charge in [-0.2, -0.15) is 0 Å². The van der Waals surface area contributed by atoms with Crippen LogP contribution in [-0.2, 0) is 0 Å². The van der Waals surface area contributed by atoms with E-state index in [2.05, 4.69) is 41.5 Å². The molecule has 1 aliphatic heterocycles. The lowest BCUT2D eigenvalue weighted by atomic mass is 10.2. The normalized spacial score (nSPS) is 23.5. The van der Waals surface area contributed by atoms with Crippen LogP contribution < -0.4 is 0 Å². The molecule has 0 N–H and O–H groups in total. The van der Waals surface area contributed by atoms with E-state index in [1.54, 1.807) is 12.3 Å². The van der Waals surface area contributed by atoms with Crippen molar-refractivity contribution in [2.24, 2.45) is 0 Å². The lowest BCUT2D eigenvalue weighted by Gasteiger charge is -2.44. The van der Waals surface area contributed by atoms with E-state index >= 15 is 0 Å². The topological polar surface area (TPSA) is 0 Å². The second-order valence-corrected chi connectivity index (χ2v) is 12.0. The number of rotatable bonds is 0. The first-order valence-electron chi connectivity index (χ1n) is 5.58. The summed E-state index contributed by atoms with van der Waals surface area (Å²) in [4.78, 5) is 0. The maximum Gasteiger partial charge on any atom is 0.0720 e.